The maximum absolute atomic E-state index is 13.6. The summed E-state index contributed by atoms with van der Waals surface area (Å²) in [5.74, 6) is 5.97. The minimum Gasteiger partial charge on any atom is -0.469 e. The van der Waals surface area contributed by atoms with Crippen LogP contribution in [-0.2, 0) is 42.8 Å². The number of ether oxygens (including phenoxy) is 5. The van der Waals surface area contributed by atoms with Crippen LogP contribution in [0.3, 0.4) is 0 Å². The molecule has 50 heavy (non-hydrogen) atoms. The van der Waals surface area contributed by atoms with Gasteiger partial charge in [-0.1, -0.05) is 55.8 Å². The number of esters is 1. The van der Waals surface area contributed by atoms with Gasteiger partial charge in [0.25, 0.3) is 10.1 Å². The van der Waals surface area contributed by atoms with Crippen molar-refractivity contribution < 1.29 is 41.1 Å². The van der Waals surface area contributed by atoms with Crippen LogP contribution in [0.2, 0.25) is 0 Å². The Bertz CT molecular complexity index is 1380. The topological polar surface area (TPSA) is 107 Å². The highest BCUT2D eigenvalue weighted by Gasteiger charge is 2.46. The summed E-state index contributed by atoms with van der Waals surface area (Å²) in [4.78, 5) is 11.7. The Morgan fingerprint density at radius 1 is 1.00 bits per heavy atom. The lowest BCUT2D eigenvalue weighted by Crippen LogP contribution is -2.32. The second-order valence-corrected chi connectivity index (χ2v) is 15.3. The zero-order valence-corrected chi connectivity index (χ0v) is 31.2. The molecule has 278 valence electrons. The molecular formula is C40H58O9S. The minimum atomic E-state index is -4.04. The summed E-state index contributed by atoms with van der Waals surface area (Å²) >= 11 is 0. The number of benzene rings is 1. The van der Waals surface area contributed by atoms with Crippen molar-refractivity contribution in [2.24, 2.45) is 17.8 Å². The first-order valence-corrected chi connectivity index (χ1v) is 20.0. The van der Waals surface area contributed by atoms with Crippen LogP contribution in [0.15, 0.2) is 53.5 Å². The van der Waals surface area contributed by atoms with Crippen molar-refractivity contribution in [3.05, 3.63) is 54.1 Å². The van der Waals surface area contributed by atoms with Crippen LogP contribution in [0.5, 0.6) is 0 Å². The summed E-state index contributed by atoms with van der Waals surface area (Å²) in [6, 6.07) is 6.74. The van der Waals surface area contributed by atoms with Crippen molar-refractivity contribution in [3.8, 4) is 11.8 Å². The molecule has 0 radical (unpaired) electrons. The largest absolute Gasteiger partial charge is 0.469 e. The van der Waals surface area contributed by atoms with Crippen molar-refractivity contribution in [2.75, 3.05) is 20.3 Å². The molecule has 0 spiro atoms. The molecule has 3 fully saturated rings. The molecule has 2 heterocycles. The summed E-state index contributed by atoms with van der Waals surface area (Å²) in [5, 5.41) is 0. The standard InChI is InChI=1S/C40H58O9S/c1-5-6-9-16-31(3)35(47-39-19-12-14-27-45-39)26-25-34-33(17-10-7-8-11-18-38(41)44-4)37(29-36(34)48-40-20-13-15-28-46-40)49-50(42,43)32-23-21-30(2)22-24-32/h7,10,21-26,31,33-37,39-40H,5,8,11-20,27-29H2,1-4H3/b10-7-,26-25+/t31?,33-,34-,35-,36-,37-,39?,40?/m1/s1. The third kappa shape index (κ3) is 12.9. The van der Waals surface area contributed by atoms with E-state index >= 15 is 0 Å². The first kappa shape index (κ1) is 40.3. The van der Waals surface area contributed by atoms with Gasteiger partial charge < -0.3 is 23.7 Å². The Morgan fingerprint density at radius 3 is 2.38 bits per heavy atom. The number of carbonyl (C=O) groups excluding carboxylic acids is 1. The van der Waals surface area contributed by atoms with E-state index in [2.05, 4.69) is 43.1 Å². The van der Waals surface area contributed by atoms with Gasteiger partial charge in [0, 0.05) is 44.8 Å². The van der Waals surface area contributed by atoms with Crippen LogP contribution >= 0.6 is 0 Å². The predicted molar refractivity (Wildman–Crippen MR) is 192 cm³/mol. The van der Waals surface area contributed by atoms with Gasteiger partial charge in [-0.3, -0.25) is 8.98 Å². The van der Waals surface area contributed by atoms with Gasteiger partial charge in [-0.2, -0.15) is 8.42 Å². The molecule has 2 saturated heterocycles. The van der Waals surface area contributed by atoms with E-state index in [0.29, 0.717) is 51.7 Å². The van der Waals surface area contributed by atoms with Gasteiger partial charge >= 0.3 is 5.97 Å². The number of methoxy groups -OCH3 is 1. The lowest BCUT2D eigenvalue weighted by molar-refractivity contribution is -0.193. The Balaban J connectivity index is 1.63. The highest BCUT2D eigenvalue weighted by Crippen LogP contribution is 2.42. The van der Waals surface area contributed by atoms with E-state index in [1.165, 1.54) is 7.11 Å². The first-order valence-electron chi connectivity index (χ1n) is 18.6. The average Bonchev–Trinajstić information content (AvgIpc) is 3.42. The molecule has 0 N–H and O–H groups in total. The van der Waals surface area contributed by atoms with E-state index in [-0.39, 0.29) is 53.4 Å². The lowest BCUT2D eigenvalue weighted by atomic mass is 9.88. The van der Waals surface area contributed by atoms with Crippen LogP contribution in [0.1, 0.15) is 103 Å². The molecule has 0 aromatic heterocycles. The van der Waals surface area contributed by atoms with Crippen LogP contribution in [-0.4, -0.2) is 65.6 Å². The Kier molecular flexibility index (Phi) is 17.0. The van der Waals surface area contributed by atoms with Crippen LogP contribution in [0.25, 0.3) is 0 Å². The third-order valence-corrected chi connectivity index (χ3v) is 11.1. The van der Waals surface area contributed by atoms with Gasteiger partial charge in [-0.25, -0.2) is 0 Å². The number of carbonyl (C=O) groups is 1. The van der Waals surface area contributed by atoms with Crippen molar-refractivity contribution in [1.82, 2.24) is 0 Å². The zero-order chi connectivity index (χ0) is 35.8. The minimum absolute atomic E-state index is 0.111. The number of aryl methyl sites for hydroxylation is 1. The monoisotopic (exact) mass is 714 g/mol. The van der Waals surface area contributed by atoms with Crippen LogP contribution in [0.4, 0.5) is 0 Å². The smallest absolute Gasteiger partial charge is 0.305 e. The molecule has 10 heteroatoms. The lowest BCUT2D eigenvalue weighted by Gasteiger charge is -2.31. The van der Waals surface area contributed by atoms with E-state index in [9.17, 15) is 13.2 Å². The van der Waals surface area contributed by atoms with Crippen molar-refractivity contribution in [2.45, 2.75) is 140 Å². The van der Waals surface area contributed by atoms with Crippen LogP contribution < -0.4 is 0 Å². The van der Waals surface area contributed by atoms with E-state index in [4.69, 9.17) is 27.9 Å². The highest BCUT2D eigenvalue weighted by atomic mass is 32.2. The molecule has 0 amide bonds. The molecule has 4 rings (SSSR count). The molecule has 9 nitrogen and oxygen atoms in total. The number of unbranched alkanes of at least 4 members (excludes halogenated alkanes) is 1. The van der Waals surface area contributed by atoms with Crippen molar-refractivity contribution in [1.29, 1.82) is 0 Å². The SMILES string of the molecule is CCC#CCC(C)[C@@H](/C=C/[C@@H]1[C@@H](C/C=C\CCCC(=O)OC)[C@H](OS(=O)(=O)c2ccc(C)cc2)C[C@H]1OC1CCCCO1)OC1CCCCO1. The fourth-order valence-electron chi connectivity index (χ4n) is 6.77. The summed E-state index contributed by atoms with van der Waals surface area (Å²) in [7, 11) is -2.65. The predicted octanol–water partition coefficient (Wildman–Crippen LogP) is 7.81. The number of rotatable bonds is 17. The molecule has 2 aliphatic heterocycles. The third-order valence-electron chi connectivity index (χ3n) is 9.70. The molecule has 0 bridgehead atoms. The second kappa shape index (κ2) is 21.1. The van der Waals surface area contributed by atoms with E-state index < -0.39 is 16.2 Å². The fraction of sp³-hybridized carbons (Fsp3) is 0.675. The summed E-state index contributed by atoms with van der Waals surface area (Å²) in [5.41, 5.74) is 0.969. The molecule has 1 aliphatic carbocycles. The second-order valence-electron chi connectivity index (χ2n) is 13.7. The number of hydrogen-bond donors (Lipinski definition) is 0. The average molecular weight is 715 g/mol. The van der Waals surface area contributed by atoms with E-state index in [0.717, 1.165) is 50.5 Å². The van der Waals surface area contributed by atoms with Crippen LogP contribution in [0, 0.1) is 36.5 Å². The maximum Gasteiger partial charge on any atom is 0.305 e. The van der Waals surface area contributed by atoms with Gasteiger partial charge in [0.1, 0.15) is 0 Å². The number of hydrogen-bond acceptors (Lipinski definition) is 9. The molecule has 1 saturated carbocycles. The Morgan fingerprint density at radius 2 is 1.72 bits per heavy atom. The summed E-state index contributed by atoms with van der Waals surface area (Å²) in [6.07, 6.45) is 16.5. The summed E-state index contributed by atoms with van der Waals surface area (Å²) in [6.45, 7) is 7.44. The van der Waals surface area contributed by atoms with Crippen molar-refractivity contribution >= 4 is 16.1 Å². The maximum atomic E-state index is 13.6. The molecular weight excluding hydrogens is 656 g/mol. The fourth-order valence-corrected chi connectivity index (χ4v) is 7.89. The molecule has 1 aromatic carbocycles. The quantitative estimate of drug-likeness (QED) is 0.0525. The molecule has 8 atom stereocenters. The Labute approximate surface area is 300 Å². The van der Waals surface area contributed by atoms with Gasteiger partial charge in [-0.05, 0) is 88.7 Å². The molecule has 1 aromatic rings. The van der Waals surface area contributed by atoms with Gasteiger partial charge in [0.15, 0.2) is 12.6 Å². The molecule has 3 aliphatic rings. The van der Waals surface area contributed by atoms with Gasteiger partial charge in [0.05, 0.1) is 30.3 Å². The summed E-state index contributed by atoms with van der Waals surface area (Å²) < 4.78 is 63.4. The number of allylic oxidation sites excluding steroid dienone is 2. The van der Waals surface area contributed by atoms with E-state index in [1.807, 2.05) is 13.8 Å². The van der Waals surface area contributed by atoms with Crippen molar-refractivity contribution in [3.63, 3.8) is 0 Å². The normalized spacial score (nSPS) is 27.2. The van der Waals surface area contributed by atoms with E-state index in [1.54, 1.807) is 24.3 Å². The molecule has 3 unspecified atom stereocenters. The van der Waals surface area contributed by atoms with Gasteiger partial charge in [0.2, 0.25) is 0 Å². The highest BCUT2D eigenvalue weighted by molar-refractivity contribution is 7.86. The van der Waals surface area contributed by atoms with Gasteiger partial charge in [-0.15, -0.1) is 11.8 Å². The Hall–Kier alpha value is -2.52. The zero-order valence-electron chi connectivity index (χ0n) is 30.4. The first-order chi connectivity index (χ1) is 24.2.